The third-order valence-corrected chi connectivity index (χ3v) is 9.52. The molecule has 4 fully saturated rings. The van der Waals surface area contributed by atoms with Gasteiger partial charge < -0.3 is 20.6 Å². The van der Waals surface area contributed by atoms with Crippen LogP contribution in [0.2, 0.25) is 5.15 Å². The van der Waals surface area contributed by atoms with Gasteiger partial charge in [-0.2, -0.15) is 0 Å². The van der Waals surface area contributed by atoms with E-state index in [-0.39, 0.29) is 18.4 Å². The monoisotopic (exact) mass is 432 g/mol. The number of aliphatic hydroxyl groups excluding tert-OH is 1. The first kappa shape index (κ1) is 19.3. The van der Waals surface area contributed by atoms with E-state index in [0.29, 0.717) is 40.4 Å². The number of anilines is 1. The quantitative estimate of drug-likeness (QED) is 0.554. The highest BCUT2D eigenvalue weighted by Crippen LogP contribution is 2.77. The van der Waals surface area contributed by atoms with Crippen LogP contribution in [0, 0.1) is 29.1 Å². The van der Waals surface area contributed by atoms with Crippen molar-refractivity contribution in [3.8, 4) is 0 Å². The summed E-state index contributed by atoms with van der Waals surface area (Å²) in [5, 5.41) is 37.3. The molecule has 4 N–H and O–H groups in total. The van der Waals surface area contributed by atoms with Crippen molar-refractivity contribution in [3.05, 3.63) is 17.5 Å². The lowest BCUT2D eigenvalue weighted by Crippen LogP contribution is -2.46. The first-order chi connectivity index (χ1) is 14.3. The Bertz CT molecular complexity index is 1040. The van der Waals surface area contributed by atoms with Crippen LogP contribution in [0.5, 0.6) is 0 Å². The Balaban J connectivity index is 1.43. The first-order valence-electron chi connectivity index (χ1n) is 11.1. The van der Waals surface area contributed by atoms with Crippen molar-refractivity contribution in [2.24, 2.45) is 29.1 Å². The summed E-state index contributed by atoms with van der Waals surface area (Å²) in [6.45, 7) is 3.73. The predicted molar refractivity (Wildman–Crippen MR) is 113 cm³/mol. The topological polar surface area (TPSA) is 103 Å². The minimum absolute atomic E-state index is 0.0334. The number of nitrogens with zero attached hydrogens (tertiary/aromatic N) is 3. The van der Waals surface area contributed by atoms with Crippen LogP contribution in [-0.4, -0.2) is 48.1 Å². The molecule has 4 unspecified atom stereocenters. The molecular formula is C22H29ClN4O3. The van der Waals surface area contributed by atoms with Crippen LogP contribution in [0.1, 0.15) is 46.0 Å². The van der Waals surface area contributed by atoms with E-state index < -0.39 is 16.7 Å². The highest BCUT2D eigenvalue weighted by molar-refractivity contribution is 6.30. The Labute approximate surface area is 180 Å². The molecule has 7 nitrogen and oxygen atoms in total. The van der Waals surface area contributed by atoms with Gasteiger partial charge in [-0.3, -0.25) is 4.57 Å². The smallest absolute Gasteiger partial charge is 0.173 e. The molecule has 2 heterocycles. The normalized spacial score (nSPS) is 46.5. The second kappa shape index (κ2) is 5.88. The molecule has 0 radical (unpaired) electrons. The molecule has 2 aromatic heterocycles. The molecule has 162 valence electrons. The van der Waals surface area contributed by atoms with Crippen LogP contribution in [0.25, 0.3) is 11.0 Å². The molecule has 8 atom stereocenters. The van der Waals surface area contributed by atoms with E-state index >= 15 is 0 Å². The second-order valence-corrected chi connectivity index (χ2v) is 10.7. The Morgan fingerprint density at radius 1 is 1.27 bits per heavy atom. The van der Waals surface area contributed by atoms with Crippen molar-refractivity contribution in [1.29, 1.82) is 0 Å². The standard InChI is InChI=1S/C22H29ClN4O3/c1-11-8-21(29,22(30)12(2)20(11,22)9-28)27-10-24-18-16(27)7-17(23)26-19(18)25-15-6-13-3-4-14(15)5-13/h7,10-15,28-30H,3-6,8-9H2,1-2H3,(H,25,26)/t11-,12+,13?,14?,15?,20?,21-,22+/m1/s1. The highest BCUT2D eigenvalue weighted by atomic mass is 35.5. The first-order valence-corrected chi connectivity index (χ1v) is 11.5. The van der Waals surface area contributed by atoms with Crippen LogP contribution in [0.4, 0.5) is 5.82 Å². The Morgan fingerprint density at radius 3 is 2.67 bits per heavy atom. The summed E-state index contributed by atoms with van der Waals surface area (Å²) in [5.74, 6) is 1.87. The summed E-state index contributed by atoms with van der Waals surface area (Å²) in [6.07, 6.45) is 6.93. The zero-order chi connectivity index (χ0) is 21.1. The minimum Gasteiger partial charge on any atom is -0.396 e. The number of imidazole rings is 1. The van der Waals surface area contributed by atoms with E-state index in [2.05, 4.69) is 15.3 Å². The summed E-state index contributed by atoms with van der Waals surface area (Å²) in [6, 6.07) is 2.08. The molecule has 0 spiro atoms. The maximum atomic E-state index is 11.8. The van der Waals surface area contributed by atoms with E-state index in [9.17, 15) is 15.3 Å². The number of aliphatic hydroxyl groups is 3. The molecule has 8 heteroatoms. The molecule has 30 heavy (non-hydrogen) atoms. The third kappa shape index (κ3) is 2.03. The molecule has 6 rings (SSSR count). The molecular weight excluding hydrogens is 404 g/mol. The maximum Gasteiger partial charge on any atom is 0.173 e. The number of fused-ring (bicyclic) bond motifs is 4. The van der Waals surface area contributed by atoms with Crippen molar-refractivity contribution >= 4 is 28.5 Å². The van der Waals surface area contributed by atoms with Gasteiger partial charge in [0.25, 0.3) is 0 Å². The lowest BCUT2D eigenvalue weighted by atomic mass is 9.89. The van der Waals surface area contributed by atoms with Gasteiger partial charge >= 0.3 is 0 Å². The molecule has 0 saturated heterocycles. The number of halogens is 1. The number of rotatable bonds is 4. The molecule has 4 aliphatic rings. The Hall–Kier alpha value is -1.41. The maximum absolute atomic E-state index is 11.8. The van der Waals surface area contributed by atoms with Gasteiger partial charge in [-0.05, 0) is 37.0 Å². The fourth-order valence-electron chi connectivity index (χ4n) is 7.70. The van der Waals surface area contributed by atoms with Crippen molar-refractivity contribution in [3.63, 3.8) is 0 Å². The van der Waals surface area contributed by atoms with Crippen molar-refractivity contribution < 1.29 is 15.3 Å². The molecule has 4 saturated carbocycles. The van der Waals surface area contributed by atoms with Crippen molar-refractivity contribution in [1.82, 2.24) is 14.5 Å². The molecule has 2 aromatic rings. The summed E-state index contributed by atoms with van der Waals surface area (Å²) < 4.78 is 1.65. The van der Waals surface area contributed by atoms with Gasteiger partial charge in [0, 0.05) is 29.9 Å². The zero-order valence-corrected chi connectivity index (χ0v) is 18.1. The van der Waals surface area contributed by atoms with Gasteiger partial charge in [-0.1, -0.05) is 31.9 Å². The van der Waals surface area contributed by atoms with E-state index in [4.69, 9.17) is 11.6 Å². The van der Waals surface area contributed by atoms with Crippen LogP contribution >= 0.6 is 11.6 Å². The van der Waals surface area contributed by atoms with Crippen LogP contribution in [0.3, 0.4) is 0 Å². The fraction of sp³-hybridized carbons (Fsp3) is 0.727. The van der Waals surface area contributed by atoms with Gasteiger partial charge in [0.15, 0.2) is 11.5 Å². The van der Waals surface area contributed by atoms with Gasteiger partial charge in [-0.25, -0.2) is 9.97 Å². The van der Waals surface area contributed by atoms with Crippen LogP contribution < -0.4 is 5.32 Å². The minimum atomic E-state index is -1.56. The molecule has 2 bridgehead atoms. The molecule has 0 aliphatic heterocycles. The van der Waals surface area contributed by atoms with E-state index in [0.717, 1.165) is 12.3 Å². The molecule has 0 amide bonds. The van der Waals surface area contributed by atoms with E-state index in [1.807, 2.05) is 13.8 Å². The van der Waals surface area contributed by atoms with Gasteiger partial charge in [-0.15, -0.1) is 0 Å². The fourth-order valence-corrected chi connectivity index (χ4v) is 7.89. The average molecular weight is 433 g/mol. The highest BCUT2D eigenvalue weighted by Gasteiger charge is 2.88. The van der Waals surface area contributed by atoms with Crippen LogP contribution in [-0.2, 0) is 5.72 Å². The Morgan fingerprint density at radius 2 is 2.07 bits per heavy atom. The number of pyridine rings is 1. The van der Waals surface area contributed by atoms with Gasteiger partial charge in [0.2, 0.25) is 0 Å². The van der Waals surface area contributed by atoms with Gasteiger partial charge in [0.05, 0.1) is 18.5 Å². The third-order valence-electron chi connectivity index (χ3n) is 9.33. The number of nitrogens with one attached hydrogen (secondary N) is 1. The lowest BCUT2D eigenvalue weighted by molar-refractivity contribution is -0.152. The van der Waals surface area contributed by atoms with Crippen molar-refractivity contribution in [2.45, 2.75) is 63.3 Å². The summed E-state index contributed by atoms with van der Waals surface area (Å²) >= 11 is 6.39. The summed E-state index contributed by atoms with van der Waals surface area (Å²) in [7, 11) is 0. The lowest BCUT2D eigenvalue weighted by Gasteiger charge is -2.33. The average Bonchev–Trinajstić information content (AvgIpc) is 3.27. The molecule has 0 aromatic carbocycles. The molecule has 4 aliphatic carbocycles. The predicted octanol–water partition coefficient (Wildman–Crippen LogP) is 2.73. The Kier molecular flexibility index (Phi) is 3.78. The number of aromatic nitrogens is 3. The van der Waals surface area contributed by atoms with E-state index in [1.165, 1.54) is 19.3 Å². The number of hydrogen-bond donors (Lipinski definition) is 4. The second-order valence-electron chi connectivity index (χ2n) is 10.3. The van der Waals surface area contributed by atoms with E-state index in [1.54, 1.807) is 17.0 Å². The summed E-state index contributed by atoms with van der Waals surface area (Å²) in [4.78, 5) is 9.09. The summed E-state index contributed by atoms with van der Waals surface area (Å²) in [5.41, 5.74) is -2.36. The SMILES string of the molecule is C[C@@H]1C[C@](O)(n2cnc3c(NC4CC5CCC4C5)nc(Cl)cc32)[C@]2(O)[C@@H](C)C12CO. The van der Waals surface area contributed by atoms with Crippen LogP contribution in [0.15, 0.2) is 12.4 Å². The van der Waals surface area contributed by atoms with Crippen molar-refractivity contribution in [2.75, 3.05) is 11.9 Å². The largest absolute Gasteiger partial charge is 0.396 e. The zero-order valence-electron chi connectivity index (χ0n) is 17.3. The number of hydrogen-bond acceptors (Lipinski definition) is 6. The van der Waals surface area contributed by atoms with Gasteiger partial charge in [0.1, 0.15) is 16.3 Å².